The lowest BCUT2D eigenvalue weighted by molar-refractivity contribution is -0.105. The van der Waals surface area contributed by atoms with Crippen LogP contribution in [0.4, 0.5) is 8.78 Å². The maximum atomic E-state index is 14.4. The molecule has 2 atom stereocenters. The third-order valence-corrected chi connectivity index (χ3v) is 8.35. The third kappa shape index (κ3) is 9.29. The van der Waals surface area contributed by atoms with Crippen molar-refractivity contribution < 1.29 is 51.8 Å². The van der Waals surface area contributed by atoms with E-state index < -0.39 is 18.1 Å². The average molecular weight is 693 g/mol. The summed E-state index contributed by atoms with van der Waals surface area (Å²) in [5, 5.41) is 9.39. The number of hydrogen-bond donors (Lipinski definition) is 1. The molecule has 2 aliphatic rings. The first-order chi connectivity index (χ1) is 24.3. The first-order valence-electron chi connectivity index (χ1n) is 16.5. The topological polar surface area (TPSA) is 102 Å². The van der Waals surface area contributed by atoms with E-state index in [-0.39, 0.29) is 18.7 Å². The zero-order chi connectivity index (χ0) is 35.5. The van der Waals surface area contributed by atoms with Crippen LogP contribution in [0.3, 0.4) is 0 Å². The van der Waals surface area contributed by atoms with Crippen LogP contribution < -0.4 is 18.9 Å². The van der Waals surface area contributed by atoms with Crippen molar-refractivity contribution in [1.29, 1.82) is 0 Å². The van der Waals surface area contributed by atoms with E-state index in [2.05, 4.69) is 0 Å². The molecule has 0 aromatic heterocycles. The second kappa shape index (κ2) is 17.8. The molecule has 0 saturated carbocycles. The van der Waals surface area contributed by atoms with Crippen molar-refractivity contribution in [3.63, 3.8) is 0 Å². The molecule has 6 rings (SSSR count). The Morgan fingerprint density at radius 2 is 1.20 bits per heavy atom. The van der Waals surface area contributed by atoms with Gasteiger partial charge in [-0.2, -0.15) is 0 Å². The summed E-state index contributed by atoms with van der Waals surface area (Å²) in [5.41, 5.74) is 2.87. The van der Waals surface area contributed by atoms with Gasteiger partial charge in [-0.15, -0.1) is 0 Å². The lowest BCUT2D eigenvalue weighted by Gasteiger charge is -2.25. The minimum Gasteiger partial charge on any atom is -0.497 e. The van der Waals surface area contributed by atoms with Gasteiger partial charge in [-0.05, 0) is 91.9 Å². The van der Waals surface area contributed by atoms with Gasteiger partial charge in [0.1, 0.15) is 34.6 Å². The van der Waals surface area contributed by atoms with E-state index in [1.54, 1.807) is 67.8 Å². The summed E-state index contributed by atoms with van der Waals surface area (Å²) in [7, 11) is 4.37. The van der Waals surface area contributed by atoms with Crippen LogP contribution in [0.2, 0.25) is 0 Å². The Kier molecular flexibility index (Phi) is 13.0. The lowest BCUT2D eigenvalue weighted by Crippen LogP contribution is -2.25. The van der Waals surface area contributed by atoms with Gasteiger partial charge >= 0.3 is 5.97 Å². The molecule has 0 amide bonds. The minimum absolute atomic E-state index is 0.108. The molecule has 4 aromatic carbocycles. The zero-order valence-corrected chi connectivity index (χ0v) is 28.4. The van der Waals surface area contributed by atoms with Gasteiger partial charge in [-0.3, -0.25) is 0 Å². The molecule has 0 bridgehead atoms. The fourth-order valence-corrected chi connectivity index (χ4v) is 5.64. The van der Waals surface area contributed by atoms with Crippen molar-refractivity contribution in [1.82, 2.24) is 0 Å². The molecule has 1 N–H and O–H groups in total. The molecular formula is C39H42F2O9. The van der Waals surface area contributed by atoms with Crippen LogP contribution in [-0.4, -0.2) is 58.2 Å². The Hall–Kier alpha value is -4.71. The number of benzene rings is 4. The Morgan fingerprint density at radius 1 is 0.680 bits per heavy atom. The maximum absolute atomic E-state index is 14.4. The highest BCUT2D eigenvalue weighted by Gasteiger charge is 2.22. The number of esters is 1. The molecule has 0 radical (unpaired) electrons. The lowest BCUT2D eigenvalue weighted by atomic mass is 10.0. The Morgan fingerprint density at radius 3 is 1.66 bits per heavy atom. The Balaban J connectivity index is 0.000000195. The third-order valence-electron chi connectivity index (χ3n) is 8.35. The van der Waals surface area contributed by atoms with Gasteiger partial charge in [-0.1, -0.05) is 12.1 Å². The van der Waals surface area contributed by atoms with E-state index in [1.807, 2.05) is 0 Å². The van der Waals surface area contributed by atoms with Gasteiger partial charge in [0.25, 0.3) is 0 Å². The molecule has 2 fully saturated rings. The van der Waals surface area contributed by atoms with Gasteiger partial charge in [0, 0.05) is 35.1 Å². The summed E-state index contributed by atoms with van der Waals surface area (Å²) >= 11 is 0. The molecule has 266 valence electrons. The van der Waals surface area contributed by atoms with Crippen LogP contribution in [0, 0.1) is 11.6 Å². The molecule has 2 unspecified atom stereocenters. The van der Waals surface area contributed by atoms with Crippen molar-refractivity contribution in [3.05, 3.63) is 95.6 Å². The summed E-state index contributed by atoms with van der Waals surface area (Å²) in [6.45, 7) is 1.17. The number of ether oxygens (including phenoxy) is 7. The van der Waals surface area contributed by atoms with Crippen molar-refractivity contribution in [2.24, 2.45) is 0 Å². The van der Waals surface area contributed by atoms with Crippen LogP contribution in [0.25, 0.3) is 22.3 Å². The number of carbonyl (C=O) groups excluding carboxylic acids is 1. The minimum atomic E-state index is -0.489. The van der Waals surface area contributed by atoms with Crippen molar-refractivity contribution in [3.8, 4) is 45.3 Å². The number of carbonyl (C=O) groups is 1. The molecule has 0 spiro atoms. The highest BCUT2D eigenvalue weighted by Crippen LogP contribution is 2.38. The van der Waals surface area contributed by atoms with Crippen LogP contribution in [0.1, 0.15) is 54.4 Å². The van der Waals surface area contributed by atoms with Gasteiger partial charge in [0.05, 0.1) is 46.7 Å². The van der Waals surface area contributed by atoms with E-state index in [0.717, 1.165) is 38.5 Å². The summed E-state index contributed by atoms with van der Waals surface area (Å²) in [6, 6.07) is 19.1. The van der Waals surface area contributed by atoms with E-state index in [0.29, 0.717) is 69.6 Å². The smallest absolute Gasteiger partial charge is 0.337 e. The van der Waals surface area contributed by atoms with Crippen molar-refractivity contribution in [2.75, 3.05) is 34.5 Å². The van der Waals surface area contributed by atoms with E-state index in [1.165, 1.54) is 26.4 Å². The first-order valence-corrected chi connectivity index (χ1v) is 16.5. The average Bonchev–Trinajstić information content (AvgIpc) is 3.16. The normalized spacial score (nSPS) is 17.2. The largest absolute Gasteiger partial charge is 0.497 e. The number of methoxy groups -OCH3 is 3. The van der Waals surface area contributed by atoms with Crippen molar-refractivity contribution >= 4 is 5.97 Å². The van der Waals surface area contributed by atoms with Gasteiger partial charge in [-0.25, -0.2) is 13.6 Å². The summed E-state index contributed by atoms with van der Waals surface area (Å²) in [6.07, 6.45) is 4.79. The fraction of sp³-hybridized carbons (Fsp3) is 0.359. The van der Waals surface area contributed by atoms with Gasteiger partial charge < -0.3 is 38.3 Å². The van der Waals surface area contributed by atoms with Crippen LogP contribution >= 0.6 is 0 Å². The Labute approximate surface area is 290 Å². The monoisotopic (exact) mass is 692 g/mol. The SMILES string of the molecule is COC(=O)c1ccc(-c2cc(OC)ccc2F)c(OC2CCCCO2)c1.COc1ccc(F)c(-c2ccc(CO)cc2OC2CCCCO2)c1. The quantitative estimate of drug-likeness (QED) is 0.165. The number of aliphatic hydroxyl groups is 1. The van der Waals surface area contributed by atoms with Crippen LogP contribution in [0.5, 0.6) is 23.0 Å². The molecule has 9 nitrogen and oxygen atoms in total. The Bertz CT molecular complexity index is 1730. The molecule has 4 aromatic rings. The van der Waals surface area contributed by atoms with E-state index >= 15 is 0 Å². The van der Waals surface area contributed by atoms with Crippen molar-refractivity contribution in [2.45, 2.75) is 57.7 Å². The predicted octanol–water partition coefficient (Wildman–Crippen LogP) is 8.09. The molecule has 11 heteroatoms. The van der Waals surface area contributed by atoms with Gasteiger partial charge in [0.15, 0.2) is 12.6 Å². The highest BCUT2D eigenvalue weighted by molar-refractivity contribution is 5.91. The summed E-state index contributed by atoms with van der Waals surface area (Å²) in [4.78, 5) is 11.9. The maximum Gasteiger partial charge on any atom is 0.337 e. The number of halogens is 2. The predicted molar refractivity (Wildman–Crippen MR) is 182 cm³/mol. The summed E-state index contributed by atoms with van der Waals surface area (Å²) in [5.74, 6) is 0.702. The first kappa shape index (κ1) is 36.6. The van der Waals surface area contributed by atoms with Gasteiger partial charge in [0.2, 0.25) is 0 Å². The molecule has 2 heterocycles. The molecular weight excluding hydrogens is 650 g/mol. The zero-order valence-electron chi connectivity index (χ0n) is 28.4. The second-order valence-corrected chi connectivity index (χ2v) is 11.7. The van der Waals surface area contributed by atoms with E-state index in [4.69, 9.17) is 33.2 Å². The molecule has 50 heavy (non-hydrogen) atoms. The summed E-state index contributed by atoms with van der Waals surface area (Å²) < 4.78 is 67.1. The fourth-order valence-electron chi connectivity index (χ4n) is 5.64. The molecule has 0 aliphatic carbocycles. The van der Waals surface area contributed by atoms with Crippen LogP contribution in [-0.2, 0) is 20.8 Å². The number of hydrogen-bond acceptors (Lipinski definition) is 9. The van der Waals surface area contributed by atoms with E-state index in [9.17, 15) is 18.7 Å². The number of aliphatic hydroxyl groups excluding tert-OH is 1. The number of rotatable bonds is 10. The standard InChI is InChI=1S/C20H21FO5.C19H21FO4/c1-23-14-7-9-17(21)16(12-14)15-8-6-13(20(22)24-2)11-18(15)26-19-5-3-4-10-25-19;1-22-14-6-8-17(20)16(11-14)15-7-5-13(12-21)10-18(15)24-19-4-2-3-9-23-19/h6-9,11-12,19H,3-5,10H2,1-2H3;5-8,10-11,19,21H,2-4,9,12H2,1H3. The molecule has 2 saturated heterocycles. The van der Waals surface area contributed by atoms with Crippen LogP contribution in [0.15, 0.2) is 72.8 Å². The molecule has 2 aliphatic heterocycles. The highest BCUT2D eigenvalue weighted by atomic mass is 19.1. The second-order valence-electron chi connectivity index (χ2n) is 11.7.